The Labute approximate surface area is 97.6 Å². The molecule has 0 aromatic heterocycles. The largest absolute Gasteiger partial charge is 0.353 e. The Bertz CT molecular complexity index is 185. The summed E-state index contributed by atoms with van der Waals surface area (Å²) in [6, 6.07) is 0.253. The number of nitrogens with two attached hydrogens (primary N) is 1. The van der Waals surface area contributed by atoms with Gasteiger partial charge in [0.25, 0.3) is 0 Å². The molecule has 2 unspecified atom stereocenters. The summed E-state index contributed by atoms with van der Waals surface area (Å²) in [5.74, 6) is 1.41. The minimum absolute atomic E-state index is 0.0308. The maximum atomic E-state index is 11.6. The van der Waals surface area contributed by atoms with Crippen LogP contribution in [0, 0.1) is 5.92 Å². The fraction of sp³-hybridized carbons (Fsp3) is 0.909. The van der Waals surface area contributed by atoms with Crippen LogP contribution in [0.5, 0.6) is 0 Å². The van der Waals surface area contributed by atoms with E-state index in [4.69, 9.17) is 5.73 Å². The van der Waals surface area contributed by atoms with E-state index in [-0.39, 0.29) is 18.0 Å². The minimum atomic E-state index is -0.0308. The van der Waals surface area contributed by atoms with Gasteiger partial charge in [0, 0.05) is 24.3 Å². The average Bonchev–Trinajstić information content (AvgIpc) is 2.16. The van der Waals surface area contributed by atoms with E-state index in [2.05, 4.69) is 18.5 Å². The quantitative estimate of drug-likeness (QED) is 0.701. The molecule has 2 atom stereocenters. The zero-order valence-corrected chi connectivity index (χ0v) is 11.1. The highest BCUT2D eigenvalue weighted by atomic mass is 32.2. The van der Waals surface area contributed by atoms with Crippen molar-refractivity contribution in [3.63, 3.8) is 0 Å². The van der Waals surface area contributed by atoms with Crippen molar-refractivity contribution in [2.75, 3.05) is 12.0 Å². The monoisotopic (exact) mass is 232 g/mol. The molecule has 0 fully saturated rings. The molecule has 3 nitrogen and oxygen atoms in total. The molecule has 0 aliphatic carbocycles. The van der Waals surface area contributed by atoms with Gasteiger partial charge in [-0.15, -0.1) is 0 Å². The molecule has 0 heterocycles. The highest BCUT2D eigenvalue weighted by molar-refractivity contribution is 7.98. The molecule has 0 aliphatic rings. The third-order valence-electron chi connectivity index (χ3n) is 2.50. The van der Waals surface area contributed by atoms with Crippen LogP contribution in [0.2, 0.25) is 0 Å². The van der Waals surface area contributed by atoms with Gasteiger partial charge in [-0.05, 0) is 18.6 Å². The van der Waals surface area contributed by atoms with Gasteiger partial charge in [-0.1, -0.05) is 20.8 Å². The minimum Gasteiger partial charge on any atom is -0.353 e. The third kappa shape index (κ3) is 6.79. The molecule has 0 aromatic rings. The standard InChI is InChI=1S/C11H24N2OS/c1-5-9(7-15-4)13-11(14)6-10(12)8(2)3/h8-10H,5-7,12H2,1-4H3,(H,13,14). The van der Waals surface area contributed by atoms with E-state index in [1.54, 1.807) is 11.8 Å². The maximum Gasteiger partial charge on any atom is 0.221 e. The fourth-order valence-electron chi connectivity index (χ4n) is 1.20. The van der Waals surface area contributed by atoms with Crippen LogP contribution >= 0.6 is 11.8 Å². The lowest BCUT2D eigenvalue weighted by atomic mass is 10.0. The Kier molecular flexibility index (Phi) is 7.88. The van der Waals surface area contributed by atoms with Gasteiger partial charge in [0.15, 0.2) is 0 Å². The van der Waals surface area contributed by atoms with Crippen molar-refractivity contribution < 1.29 is 4.79 Å². The lowest BCUT2D eigenvalue weighted by Gasteiger charge is -2.19. The van der Waals surface area contributed by atoms with Gasteiger partial charge in [0.2, 0.25) is 5.91 Å². The number of carbonyl (C=O) groups excluding carboxylic acids is 1. The van der Waals surface area contributed by atoms with E-state index in [1.807, 2.05) is 13.8 Å². The van der Waals surface area contributed by atoms with Crippen molar-refractivity contribution in [3.8, 4) is 0 Å². The Morgan fingerprint density at radius 3 is 2.47 bits per heavy atom. The zero-order valence-electron chi connectivity index (χ0n) is 10.2. The first kappa shape index (κ1) is 14.8. The first-order chi connectivity index (χ1) is 7.01. The van der Waals surface area contributed by atoms with E-state index >= 15 is 0 Å². The van der Waals surface area contributed by atoms with Gasteiger partial charge >= 0.3 is 0 Å². The molecule has 15 heavy (non-hydrogen) atoms. The molecule has 4 heteroatoms. The van der Waals surface area contributed by atoms with Gasteiger partial charge in [-0.25, -0.2) is 0 Å². The normalized spacial score (nSPS) is 15.1. The number of amides is 1. The Morgan fingerprint density at radius 2 is 2.07 bits per heavy atom. The summed E-state index contributed by atoms with van der Waals surface area (Å²) in [4.78, 5) is 11.6. The van der Waals surface area contributed by atoms with Crippen LogP contribution in [0.3, 0.4) is 0 Å². The Morgan fingerprint density at radius 1 is 1.47 bits per heavy atom. The second-order valence-corrected chi connectivity index (χ2v) is 5.15. The number of hydrogen-bond acceptors (Lipinski definition) is 3. The fourth-order valence-corrected chi connectivity index (χ4v) is 1.92. The van der Waals surface area contributed by atoms with Crippen LogP contribution in [0.4, 0.5) is 0 Å². The van der Waals surface area contributed by atoms with E-state index in [0.717, 1.165) is 12.2 Å². The second-order valence-electron chi connectivity index (χ2n) is 4.24. The summed E-state index contributed by atoms with van der Waals surface area (Å²) in [5.41, 5.74) is 5.84. The molecule has 0 aliphatic heterocycles. The van der Waals surface area contributed by atoms with Gasteiger partial charge in [-0.2, -0.15) is 11.8 Å². The number of nitrogens with one attached hydrogen (secondary N) is 1. The van der Waals surface area contributed by atoms with E-state index in [1.165, 1.54) is 0 Å². The van der Waals surface area contributed by atoms with Gasteiger partial charge in [0.1, 0.15) is 0 Å². The molecular weight excluding hydrogens is 208 g/mol. The van der Waals surface area contributed by atoms with Crippen LogP contribution in [0.25, 0.3) is 0 Å². The molecule has 0 aromatic carbocycles. The zero-order chi connectivity index (χ0) is 11.8. The van der Waals surface area contributed by atoms with Crippen molar-refractivity contribution in [1.29, 1.82) is 0 Å². The van der Waals surface area contributed by atoms with E-state index in [9.17, 15) is 4.79 Å². The Hall–Kier alpha value is -0.220. The highest BCUT2D eigenvalue weighted by Crippen LogP contribution is 2.05. The van der Waals surface area contributed by atoms with Gasteiger partial charge in [-0.3, -0.25) is 4.79 Å². The summed E-state index contributed by atoms with van der Waals surface area (Å²) >= 11 is 1.76. The van der Waals surface area contributed by atoms with Crippen molar-refractivity contribution in [2.45, 2.75) is 45.7 Å². The SMILES string of the molecule is CCC(CSC)NC(=O)CC(N)C(C)C. The van der Waals surface area contributed by atoms with Crippen LogP contribution in [0.15, 0.2) is 0 Å². The smallest absolute Gasteiger partial charge is 0.221 e. The van der Waals surface area contributed by atoms with Crippen LogP contribution in [-0.4, -0.2) is 30.0 Å². The predicted octanol–water partition coefficient (Wildman–Crippen LogP) is 1.62. The van der Waals surface area contributed by atoms with Crippen LogP contribution in [-0.2, 0) is 4.79 Å². The first-order valence-electron chi connectivity index (χ1n) is 5.55. The lowest BCUT2D eigenvalue weighted by molar-refractivity contribution is -0.122. The molecule has 90 valence electrons. The highest BCUT2D eigenvalue weighted by Gasteiger charge is 2.15. The molecule has 1 amide bonds. The summed E-state index contributed by atoms with van der Waals surface area (Å²) in [5, 5.41) is 3.01. The lowest BCUT2D eigenvalue weighted by Crippen LogP contribution is -2.40. The molecular formula is C11H24N2OS. The number of carbonyl (C=O) groups is 1. The van der Waals surface area contributed by atoms with E-state index in [0.29, 0.717) is 12.3 Å². The topological polar surface area (TPSA) is 55.1 Å². The second kappa shape index (κ2) is 7.99. The summed E-state index contributed by atoms with van der Waals surface area (Å²) < 4.78 is 0. The summed E-state index contributed by atoms with van der Waals surface area (Å²) in [6.45, 7) is 6.16. The predicted molar refractivity (Wildman–Crippen MR) is 68.0 cm³/mol. The summed E-state index contributed by atoms with van der Waals surface area (Å²) in [7, 11) is 0. The van der Waals surface area contributed by atoms with Gasteiger partial charge in [0.05, 0.1) is 0 Å². The molecule has 0 saturated heterocycles. The molecule has 0 radical (unpaired) electrons. The Balaban J connectivity index is 3.90. The first-order valence-corrected chi connectivity index (χ1v) is 6.94. The van der Waals surface area contributed by atoms with Gasteiger partial charge < -0.3 is 11.1 Å². The number of hydrogen-bond donors (Lipinski definition) is 2. The van der Waals surface area contributed by atoms with Crippen molar-refractivity contribution >= 4 is 17.7 Å². The third-order valence-corrected chi connectivity index (χ3v) is 3.24. The van der Waals surface area contributed by atoms with Crippen molar-refractivity contribution in [1.82, 2.24) is 5.32 Å². The summed E-state index contributed by atoms with van der Waals surface area (Å²) in [6.07, 6.45) is 3.46. The van der Waals surface area contributed by atoms with Crippen molar-refractivity contribution in [2.24, 2.45) is 11.7 Å². The number of rotatable bonds is 7. The number of thioether (sulfide) groups is 1. The average molecular weight is 232 g/mol. The molecule has 0 spiro atoms. The molecule has 3 N–H and O–H groups in total. The van der Waals surface area contributed by atoms with Crippen LogP contribution < -0.4 is 11.1 Å². The van der Waals surface area contributed by atoms with E-state index < -0.39 is 0 Å². The van der Waals surface area contributed by atoms with Crippen molar-refractivity contribution in [3.05, 3.63) is 0 Å². The molecule has 0 rings (SSSR count). The van der Waals surface area contributed by atoms with Crippen LogP contribution in [0.1, 0.15) is 33.6 Å². The maximum absolute atomic E-state index is 11.6. The molecule has 0 saturated carbocycles. The molecule has 0 bridgehead atoms.